The summed E-state index contributed by atoms with van der Waals surface area (Å²) in [5.41, 5.74) is 5.63. The van der Waals surface area contributed by atoms with Gasteiger partial charge in [-0.15, -0.1) is 0 Å². The number of hydrogen-bond donors (Lipinski definition) is 0. The molecular formula is C31H36NO3+. The minimum absolute atomic E-state index is 0.00688. The highest BCUT2D eigenvalue weighted by molar-refractivity contribution is 6.19. The van der Waals surface area contributed by atoms with Crippen molar-refractivity contribution in [3.63, 3.8) is 0 Å². The molecule has 4 heteroatoms. The van der Waals surface area contributed by atoms with Gasteiger partial charge in [-0.05, 0) is 79.8 Å². The zero-order chi connectivity index (χ0) is 23.9. The number of carbonyl (C=O) groups is 2. The lowest BCUT2D eigenvalue weighted by molar-refractivity contribution is -0.148. The van der Waals surface area contributed by atoms with Crippen molar-refractivity contribution < 1.29 is 14.3 Å². The number of Topliss-reactive ketones (excluding diaryl/α,β-unsaturated/α-hetero) is 1. The van der Waals surface area contributed by atoms with Crippen molar-refractivity contribution in [2.75, 3.05) is 6.61 Å². The number of carbonyl (C=O) groups excluding carboxylic acids is 2. The predicted molar refractivity (Wildman–Crippen MR) is 137 cm³/mol. The van der Waals surface area contributed by atoms with Crippen LogP contribution >= 0.6 is 0 Å². The zero-order valence-electron chi connectivity index (χ0n) is 21.0. The maximum Gasteiger partial charge on any atom is 0.323 e. The van der Waals surface area contributed by atoms with Crippen molar-refractivity contribution in [1.82, 2.24) is 4.48 Å². The van der Waals surface area contributed by atoms with Crippen LogP contribution in [0.1, 0.15) is 69.4 Å². The Morgan fingerprint density at radius 3 is 2.54 bits per heavy atom. The third-order valence-corrected chi connectivity index (χ3v) is 10.0. The molecule has 2 saturated heterocycles. The van der Waals surface area contributed by atoms with Crippen LogP contribution in [0.25, 0.3) is 11.1 Å². The predicted octanol–water partition coefficient (Wildman–Crippen LogP) is 6.15. The van der Waals surface area contributed by atoms with E-state index < -0.39 is 5.54 Å². The minimum Gasteiger partial charge on any atom is -0.494 e. The summed E-state index contributed by atoms with van der Waals surface area (Å²) in [6.07, 6.45) is 9.82. The average molecular weight is 471 g/mol. The molecule has 2 aromatic rings. The lowest BCUT2D eigenvalue weighted by Crippen LogP contribution is -2.61. The van der Waals surface area contributed by atoms with Crippen molar-refractivity contribution in [2.24, 2.45) is 17.8 Å². The molecular weight excluding hydrogens is 434 g/mol. The van der Waals surface area contributed by atoms with Gasteiger partial charge >= 0.3 is 5.91 Å². The number of hydrogen-bond acceptors (Lipinski definition) is 3. The number of ether oxygens (including phenoxy) is 1. The first-order valence-corrected chi connectivity index (χ1v) is 13.9. The number of rotatable bonds is 7. The number of nitrogens with zero attached hydrogens (tertiary/aromatic N) is 1. The standard InChI is InChI=1S/C31H36NO3/c1-3-35-27-10-6-9-23(19(27)2)24-16-15-22(17-21(24)14-13-20-11-12-20)32-28-18-31(28,32)29(33)25-7-4-5-8-26(25)30(32)34/h6,9-10,15-17,20,25-26,28H,3-5,7-8,11-14,18H2,1-2H3/q+1/t25-,26+,28?,31-,32?/m1/s1. The normalized spacial score (nSPS) is 34.6. The van der Waals surface area contributed by atoms with Gasteiger partial charge in [0.15, 0.2) is 6.04 Å². The van der Waals surface area contributed by atoms with Crippen molar-refractivity contribution in [3.8, 4) is 16.9 Å². The van der Waals surface area contributed by atoms with Crippen LogP contribution in [0.3, 0.4) is 0 Å². The Hall–Kier alpha value is -2.46. The quantitative estimate of drug-likeness (QED) is 0.360. The molecule has 1 amide bonds. The van der Waals surface area contributed by atoms with E-state index in [1.165, 1.54) is 41.5 Å². The molecule has 35 heavy (non-hydrogen) atoms. The van der Waals surface area contributed by atoms with Gasteiger partial charge in [0.1, 0.15) is 11.4 Å². The molecule has 7 rings (SSSR count). The minimum atomic E-state index is -0.407. The molecule has 0 N–H and O–H groups in total. The fourth-order valence-corrected chi connectivity index (χ4v) is 7.85. The van der Waals surface area contributed by atoms with E-state index in [1.807, 2.05) is 13.0 Å². The molecule has 2 aliphatic heterocycles. The second kappa shape index (κ2) is 7.52. The highest BCUT2D eigenvalue weighted by atomic mass is 16.5. The molecule has 2 unspecified atom stereocenters. The third-order valence-electron chi connectivity index (χ3n) is 10.0. The second-order valence-electron chi connectivity index (χ2n) is 11.8. The van der Waals surface area contributed by atoms with Gasteiger partial charge in [0.25, 0.3) is 0 Å². The van der Waals surface area contributed by atoms with E-state index in [0.29, 0.717) is 22.8 Å². The maximum absolute atomic E-state index is 14.0. The van der Waals surface area contributed by atoms with Gasteiger partial charge in [0.05, 0.1) is 18.9 Å². The summed E-state index contributed by atoms with van der Waals surface area (Å²) in [5, 5.41) is 0. The molecule has 5 atom stereocenters. The van der Waals surface area contributed by atoms with Gasteiger partial charge in [-0.1, -0.05) is 37.8 Å². The van der Waals surface area contributed by atoms with E-state index >= 15 is 0 Å². The van der Waals surface area contributed by atoms with Gasteiger partial charge in [-0.3, -0.25) is 4.79 Å². The molecule has 5 aliphatic rings. The molecule has 182 valence electrons. The lowest BCUT2D eigenvalue weighted by Gasteiger charge is -2.40. The number of benzene rings is 2. The summed E-state index contributed by atoms with van der Waals surface area (Å²) in [5.74, 6) is 2.48. The van der Waals surface area contributed by atoms with Gasteiger partial charge in [-0.25, -0.2) is 9.28 Å². The molecule has 2 heterocycles. The van der Waals surface area contributed by atoms with Crippen molar-refractivity contribution in [1.29, 1.82) is 0 Å². The number of fused-ring (bicyclic) bond motifs is 2. The Kier molecular flexibility index (Phi) is 4.68. The van der Waals surface area contributed by atoms with Crippen LogP contribution in [-0.4, -0.2) is 29.9 Å². The highest BCUT2D eigenvalue weighted by Gasteiger charge is 3.03. The van der Waals surface area contributed by atoms with Crippen LogP contribution in [0.4, 0.5) is 5.69 Å². The first-order chi connectivity index (χ1) is 17.0. The molecule has 2 aromatic carbocycles. The molecule has 4 nitrogen and oxygen atoms in total. The van der Waals surface area contributed by atoms with Crippen LogP contribution in [0.5, 0.6) is 5.75 Å². The van der Waals surface area contributed by atoms with Crippen LogP contribution < -0.4 is 9.22 Å². The van der Waals surface area contributed by atoms with E-state index in [1.54, 1.807) is 0 Å². The van der Waals surface area contributed by atoms with Gasteiger partial charge in [-0.2, -0.15) is 0 Å². The van der Waals surface area contributed by atoms with Crippen molar-refractivity contribution in [2.45, 2.75) is 83.2 Å². The Labute approximate surface area is 208 Å². The third kappa shape index (κ3) is 2.83. The van der Waals surface area contributed by atoms with E-state index in [9.17, 15) is 9.59 Å². The zero-order valence-corrected chi connectivity index (χ0v) is 21.0. The number of quaternary nitrogens is 1. The SMILES string of the molecule is CCOc1cccc(-c2ccc([N+]34C(=O)[C@H]5CCCC[C@H]5C(=O)[C@]35CC54)cc2CCC2CC2)c1C. The monoisotopic (exact) mass is 470 g/mol. The molecule has 3 aliphatic carbocycles. The fraction of sp³-hybridized carbons (Fsp3) is 0.548. The lowest BCUT2D eigenvalue weighted by atomic mass is 9.71. The Morgan fingerprint density at radius 1 is 1.00 bits per heavy atom. The van der Waals surface area contributed by atoms with Crippen molar-refractivity contribution in [3.05, 3.63) is 47.5 Å². The van der Waals surface area contributed by atoms with Gasteiger partial charge in [0, 0.05) is 18.1 Å². The van der Waals surface area contributed by atoms with Crippen molar-refractivity contribution >= 4 is 17.4 Å². The van der Waals surface area contributed by atoms with Gasteiger partial charge in [0.2, 0.25) is 11.3 Å². The van der Waals surface area contributed by atoms with E-state index in [-0.39, 0.29) is 17.9 Å². The number of ketones is 1. The maximum atomic E-state index is 14.0. The van der Waals surface area contributed by atoms with Gasteiger partial charge < -0.3 is 4.74 Å². The molecule has 0 bridgehead atoms. The summed E-state index contributed by atoms with van der Waals surface area (Å²) in [4.78, 5) is 27.7. The molecule has 1 spiro atoms. The van der Waals surface area contributed by atoms with Crippen LogP contribution in [0, 0.1) is 24.7 Å². The Bertz CT molecular complexity index is 1250. The second-order valence-corrected chi connectivity index (χ2v) is 11.8. The summed E-state index contributed by atoms with van der Waals surface area (Å²) in [7, 11) is 0. The van der Waals surface area contributed by atoms with E-state index in [0.717, 1.165) is 55.9 Å². The fourth-order valence-electron chi connectivity index (χ4n) is 7.85. The van der Waals surface area contributed by atoms with Crippen LogP contribution in [-0.2, 0) is 16.0 Å². The number of piperidine rings is 1. The summed E-state index contributed by atoms with van der Waals surface area (Å²) in [6.45, 7) is 4.82. The van der Waals surface area contributed by atoms with E-state index in [2.05, 4.69) is 37.3 Å². The number of aryl methyl sites for hydroxylation is 1. The topological polar surface area (TPSA) is 43.4 Å². The van der Waals surface area contributed by atoms with E-state index in [4.69, 9.17) is 4.74 Å². The smallest absolute Gasteiger partial charge is 0.323 e. The molecule has 0 aromatic heterocycles. The number of amides is 1. The Morgan fingerprint density at radius 2 is 1.80 bits per heavy atom. The molecule has 0 radical (unpaired) electrons. The Balaban J connectivity index is 1.31. The molecule has 5 fully saturated rings. The largest absolute Gasteiger partial charge is 0.494 e. The summed E-state index contributed by atoms with van der Waals surface area (Å²) >= 11 is 0. The summed E-state index contributed by atoms with van der Waals surface area (Å²) in [6, 6.07) is 13.2. The summed E-state index contributed by atoms with van der Waals surface area (Å²) < 4.78 is 6.25. The molecule has 3 saturated carbocycles. The highest BCUT2D eigenvalue weighted by Crippen LogP contribution is 2.76. The first kappa shape index (κ1) is 21.8. The van der Waals surface area contributed by atoms with Crippen LogP contribution in [0.2, 0.25) is 0 Å². The van der Waals surface area contributed by atoms with Crippen LogP contribution in [0.15, 0.2) is 36.4 Å². The average Bonchev–Trinajstić information content (AvgIpc) is 3.77. The first-order valence-electron chi connectivity index (χ1n) is 13.9.